The Morgan fingerprint density at radius 3 is 2.29 bits per heavy atom. The van der Waals surface area contributed by atoms with Gasteiger partial charge in [-0.05, 0) is 43.4 Å². The van der Waals surface area contributed by atoms with Gasteiger partial charge in [0.2, 0.25) is 0 Å². The Labute approximate surface area is 105 Å². The molecule has 0 aliphatic rings. The van der Waals surface area contributed by atoms with Crippen molar-refractivity contribution in [1.29, 1.82) is 0 Å². The minimum Gasteiger partial charge on any atom is -0.396 e. The molecule has 0 amide bonds. The fourth-order valence-electron chi connectivity index (χ4n) is 2.13. The smallest absolute Gasteiger partial charge is 0.0431 e. The van der Waals surface area contributed by atoms with E-state index in [9.17, 15) is 0 Å². The number of hydrogen-bond donors (Lipinski definition) is 2. The van der Waals surface area contributed by atoms with Gasteiger partial charge in [0.15, 0.2) is 0 Å². The summed E-state index contributed by atoms with van der Waals surface area (Å²) in [5.74, 6) is 0.704. The largest absolute Gasteiger partial charge is 0.396 e. The molecule has 1 aromatic rings. The van der Waals surface area contributed by atoms with Gasteiger partial charge in [-0.1, -0.05) is 38.1 Å². The molecule has 0 spiro atoms. The zero-order chi connectivity index (χ0) is 12.7. The number of aliphatic hydroxyl groups is 1. The van der Waals surface area contributed by atoms with Gasteiger partial charge in [0, 0.05) is 12.6 Å². The first-order valence-electron chi connectivity index (χ1n) is 6.54. The van der Waals surface area contributed by atoms with Gasteiger partial charge >= 0.3 is 0 Å². The predicted octanol–water partition coefficient (Wildman–Crippen LogP) is 2.92. The third kappa shape index (κ3) is 4.88. The highest BCUT2D eigenvalue weighted by Gasteiger charge is 2.08. The van der Waals surface area contributed by atoms with E-state index >= 15 is 0 Å². The highest BCUT2D eigenvalue weighted by atomic mass is 16.2. The Bertz CT molecular complexity index is 305. The van der Waals surface area contributed by atoms with Crippen LogP contribution >= 0.6 is 0 Å². The summed E-state index contributed by atoms with van der Waals surface area (Å²) in [4.78, 5) is 0. The van der Waals surface area contributed by atoms with Crippen LogP contribution in [0.2, 0.25) is 0 Å². The first-order chi connectivity index (χ1) is 8.17. The Morgan fingerprint density at radius 1 is 1.18 bits per heavy atom. The van der Waals surface area contributed by atoms with E-state index in [2.05, 4.69) is 43.4 Å². The van der Waals surface area contributed by atoms with E-state index in [1.807, 2.05) is 7.05 Å². The summed E-state index contributed by atoms with van der Waals surface area (Å²) in [5, 5.41) is 12.2. The van der Waals surface area contributed by atoms with Gasteiger partial charge in [0.25, 0.3) is 0 Å². The molecule has 17 heavy (non-hydrogen) atoms. The molecule has 0 heterocycles. The molecule has 2 nitrogen and oxygen atoms in total. The minimum absolute atomic E-state index is 0.267. The highest BCUT2D eigenvalue weighted by molar-refractivity contribution is 5.25. The molecule has 0 aliphatic heterocycles. The first-order valence-corrected chi connectivity index (χ1v) is 6.54. The second-order valence-corrected chi connectivity index (χ2v) is 5.05. The van der Waals surface area contributed by atoms with Gasteiger partial charge in [-0.2, -0.15) is 0 Å². The van der Waals surface area contributed by atoms with Crippen molar-refractivity contribution in [1.82, 2.24) is 5.32 Å². The Morgan fingerprint density at radius 2 is 1.82 bits per heavy atom. The maximum atomic E-state index is 8.87. The average Bonchev–Trinajstić information content (AvgIpc) is 2.31. The number of nitrogens with one attached hydrogen (secondary N) is 1. The van der Waals surface area contributed by atoms with E-state index < -0.39 is 0 Å². The predicted molar refractivity (Wildman–Crippen MR) is 73.1 cm³/mol. The molecule has 0 saturated heterocycles. The van der Waals surface area contributed by atoms with E-state index in [1.54, 1.807) is 0 Å². The SMILES string of the molecule is CNC(CCCO)c1ccc(CC(C)C)cc1. The van der Waals surface area contributed by atoms with E-state index in [0.717, 1.165) is 19.3 Å². The maximum Gasteiger partial charge on any atom is 0.0431 e. The summed E-state index contributed by atoms with van der Waals surface area (Å²) in [6.07, 6.45) is 2.97. The van der Waals surface area contributed by atoms with E-state index in [4.69, 9.17) is 5.11 Å². The molecular weight excluding hydrogens is 210 g/mol. The molecule has 0 aliphatic carbocycles. The second-order valence-electron chi connectivity index (χ2n) is 5.05. The molecule has 2 N–H and O–H groups in total. The monoisotopic (exact) mass is 235 g/mol. The molecule has 96 valence electrons. The number of benzene rings is 1. The van der Waals surface area contributed by atoms with Gasteiger partial charge < -0.3 is 10.4 Å². The van der Waals surface area contributed by atoms with Gasteiger partial charge in [-0.25, -0.2) is 0 Å². The van der Waals surface area contributed by atoms with Crippen molar-refractivity contribution in [3.63, 3.8) is 0 Å². The van der Waals surface area contributed by atoms with Crippen LogP contribution < -0.4 is 5.32 Å². The van der Waals surface area contributed by atoms with Gasteiger partial charge in [-0.3, -0.25) is 0 Å². The zero-order valence-electron chi connectivity index (χ0n) is 11.2. The normalized spacial score (nSPS) is 13.0. The number of rotatable bonds is 7. The van der Waals surface area contributed by atoms with Crippen LogP contribution in [0.15, 0.2) is 24.3 Å². The molecular formula is C15H25NO. The summed E-state index contributed by atoms with van der Waals surface area (Å²) in [7, 11) is 1.98. The standard InChI is InChI=1S/C15H25NO/c1-12(2)11-13-6-8-14(9-7-13)15(16-3)5-4-10-17/h6-9,12,15-17H,4-5,10-11H2,1-3H3. The maximum absolute atomic E-state index is 8.87. The summed E-state index contributed by atoms with van der Waals surface area (Å²) in [6, 6.07) is 9.21. The molecule has 2 heteroatoms. The summed E-state index contributed by atoms with van der Waals surface area (Å²) >= 11 is 0. The van der Waals surface area contributed by atoms with Crippen LogP contribution in [0, 0.1) is 5.92 Å². The van der Waals surface area contributed by atoms with Gasteiger partial charge in [0.05, 0.1) is 0 Å². The van der Waals surface area contributed by atoms with Crippen LogP contribution in [0.1, 0.15) is 43.9 Å². The molecule has 1 rings (SSSR count). The lowest BCUT2D eigenvalue weighted by atomic mass is 9.97. The number of aliphatic hydroxyl groups excluding tert-OH is 1. The van der Waals surface area contributed by atoms with E-state index in [-0.39, 0.29) is 6.61 Å². The van der Waals surface area contributed by atoms with Crippen molar-refractivity contribution in [2.75, 3.05) is 13.7 Å². The fraction of sp³-hybridized carbons (Fsp3) is 0.600. The van der Waals surface area contributed by atoms with Crippen molar-refractivity contribution in [2.45, 2.75) is 39.2 Å². The van der Waals surface area contributed by atoms with Crippen molar-refractivity contribution in [3.8, 4) is 0 Å². The lowest BCUT2D eigenvalue weighted by Gasteiger charge is -2.16. The summed E-state index contributed by atoms with van der Waals surface area (Å²) in [6.45, 7) is 4.75. The van der Waals surface area contributed by atoms with Gasteiger partial charge in [0.1, 0.15) is 0 Å². The Hall–Kier alpha value is -0.860. The molecule has 1 aromatic carbocycles. The van der Waals surface area contributed by atoms with Crippen LogP contribution in [0.3, 0.4) is 0 Å². The lowest BCUT2D eigenvalue weighted by Crippen LogP contribution is -2.16. The molecule has 0 saturated carbocycles. The highest BCUT2D eigenvalue weighted by Crippen LogP contribution is 2.19. The average molecular weight is 235 g/mol. The first kappa shape index (κ1) is 14.2. The van der Waals surface area contributed by atoms with E-state index in [0.29, 0.717) is 12.0 Å². The van der Waals surface area contributed by atoms with Crippen LogP contribution in [-0.4, -0.2) is 18.8 Å². The van der Waals surface area contributed by atoms with Gasteiger partial charge in [-0.15, -0.1) is 0 Å². The molecule has 0 bridgehead atoms. The second kappa shape index (κ2) is 7.46. The summed E-state index contributed by atoms with van der Waals surface area (Å²) in [5.41, 5.74) is 2.72. The van der Waals surface area contributed by atoms with Crippen molar-refractivity contribution >= 4 is 0 Å². The summed E-state index contributed by atoms with van der Waals surface area (Å²) < 4.78 is 0. The number of hydrogen-bond acceptors (Lipinski definition) is 2. The third-order valence-corrected chi connectivity index (χ3v) is 3.03. The fourth-order valence-corrected chi connectivity index (χ4v) is 2.13. The van der Waals surface area contributed by atoms with Crippen molar-refractivity contribution in [3.05, 3.63) is 35.4 Å². The molecule has 1 unspecified atom stereocenters. The lowest BCUT2D eigenvalue weighted by molar-refractivity contribution is 0.276. The minimum atomic E-state index is 0.267. The van der Waals surface area contributed by atoms with Crippen LogP contribution in [0.5, 0.6) is 0 Å². The molecule has 1 atom stereocenters. The third-order valence-electron chi connectivity index (χ3n) is 3.03. The molecule has 0 fully saturated rings. The van der Waals surface area contributed by atoms with Crippen molar-refractivity contribution in [2.24, 2.45) is 5.92 Å². The molecule has 0 aromatic heterocycles. The van der Waals surface area contributed by atoms with Crippen LogP contribution in [0.25, 0.3) is 0 Å². The Balaban J connectivity index is 2.64. The van der Waals surface area contributed by atoms with E-state index in [1.165, 1.54) is 11.1 Å². The van der Waals surface area contributed by atoms with Crippen LogP contribution in [-0.2, 0) is 6.42 Å². The zero-order valence-corrected chi connectivity index (χ0v) is 11.2. The Kier molecular flexibility index (Phi) is 6.23. The topological polar surface area (TPSA) is 32.3 Å². The molecule has 0 radical (unpaired) electrons. The van der Waals surface area contributed by atoms with Crippen molar-refractivity contribution < 1.29 is 5.11 Å². The van der Waals surface area contributed by atoms with Crippen LogP contribution in [0.4, 0.5) is 0 Å². The quantitative estimate of drug-likeness (QED) is 0.761.